The van der Waals surface area contributed by atoms with Gasteiger partial charge in [0.25, 0.3) is 10.0 Å². The molecular weight excluding hydrogens is 533 g/mol. The van der Waals surface area contributed by atoms with Gasteiger partial charge in [-0.2, -0.15) is 0 Å². The molecule has 35 heavy (non-hydrogen) atoms. The van der Waals surface area contributed by atoms with Gasteiger partial charge in [-0.1, -0.05) is 53.0 Å². The second kappa shape index (κ2) is 9.70. The van der Waals surface area contributed by atoms with E-state index in [1.54, 1.807) is 56.3 Å². The van der Waals surface area contributed by atoms with Gasteiger partial charge in [-0.15, -0.1) is 0 Å². The molecule has 2 N–H and O–H groups in total. The van der Waals surface area contributed by atoms with Crippen LogP contribution in [0.25, 0.3) is 0 Å². The number of rotatable bonds is 5. The lowest BCUT2D eigenvalue weighted by molar-refractivity contribution is -0.122. The Bertz CT molecular complexity index is 1440. The van der Waals surface area contributed by atoms with Crippen molar-refractivity contribution in [2.75, 3.05) is 14.9 Å². The van der Waals surface area contributed by atoms with Crippen molar-refractivity contribution in [2.45, 2.75) is 31.2 Å². The van der Waals surface area contributed by atoms with Gasteiger partial charge in [-0.3, -0.25) is 13.9 Å². The lowest BCUT2D eigenvalue weighted by Crippen LogP contribution is -2.52. The summed E-state index contributed by atoms with van der Waals surface area (Å²) in [5.74, 6) is -1.21. The number of para-hydroxylation sites is 2. The van der Waals surface area contributed by atoms with Crippen LogP contribution < -0.4 is 14.9 Å². The Morgan fingerprint density at radius 3 is 2.43 bits per heavy atom. The van der Waals surface area contributed by atoms with Crippen molar-refractivity contribution < 1.29 is 18.0 Å². The Morgan fingerprint density at radius 1 is 1.00 bits per heavy atom. The maximum Gasteiger partial charge on any atom is 0.266 e. The number of fused-ring (bicyclic) bond motifs is 1. The molecule has 11 heteroatoms. The molecule has 0 saturated heterocycles. The molecule has 0 saturated carbocycles. The summed E-state index contributed by atoms with van der Waals surface area (Å²) in [6.45, 7) is 3.35. The predicted molar refractivity (Wildman–Crippen MR) is 139 cm³/mol. The number of benzene rings is 3. The van der Waals surface area contributed by atoms with Crippen molar-refractivity contribution in [3.05, 3.63) is 80.8 Å². The van der Waals surface area contributed by atoms with Crippen LogP contribution in [0.5, 0.6) is 0 Å². The number of carbonyl (C=O) groups excluding carboxylic acids is 2. The molecule has 1 aliphatic heterocycles. The van der Waals surface area contributed by atoms with Crippen LogP contribution in [0.1, 0.15) is 17.5 Å². The van der Waals surface area contributed by atoms with Crippen LogP contribution in [0.3, 0.4) is 0 Å². The maximum absolute atomic E-state index is 14.0. The summed E-state index contributed by atoms with van der Waals surface area (Å²) in [4.78, 5) is 25.9. The molecule has 3 aromatic rings. The largest absolute Gasteiger partial charge is 0.326 e. The average Bonchev–Trinajstić information content (AvgIpc) is 2.75. The van der Waals surface area contributed by atoms with Crippen LogP contribution in [0.4, 0.5) is 17.1 Å². The zero-order valence-corrected chi connectivity index (χ0v) is 21.7. The number of halogens is 3. The number of nitrogens with zero attached hydrogens (tertiary/aromatic N) is 1. The molecule has 1 aliphatic rings. The molecule has 0 spiro atoms. The zero-order chi connectivity index (χ0) is 25.5. The number of carbonyl (C=O) groups is 2. The Labute approximate surface area is 218 Å². The van der Waals surface area contributed by atoms with Crippen LogP contribution in [0.15, 0.2) is 59.5 Å². The van der Waals surface area contributed by atoms with E-state index in [9.17, 15) is 18.0 Å². The highest BCUT2D eigenvalue weighted by molar-refractivity contribution is 7.93. The summed E-state index contributed by atoms with van der Waals surface area (Å²) < 4.78 is 28.9. The maximum atomic E-state index is 14.0. The Balaban J connectivity index is 1.78. The molecule has 3 aromatic carbocycles. The molecule has 182 valence electrons. The van der Waals surface area contributed by atoms with Crippen LogP contribution in [0.2, 0.25) is 15.1 Å². The van der Waals surface area contributed by atoms with E-state index in [-0.39, 0.29) is 20.6 Å². The highest BCUT2D eigenvalue weighted by atomic mass is 35.5. The zero-order valence-electron chi connectivity index (χ0n) is 18.6. The van der Waals surface area contributed by atoms with Crippen LogP contribution in [-0.2, 0) is 19.6 Å². The average molecular weight is 553 g/mol. The van der Waals surface area contributed by atoms with Gasteiger partial charge in [0.2, 0.25) is 11.8 Å². The molecule has 4 rings (SSSR count). The first-order chi connectivity index (χ1) is 16.5. The number of aryl methyl sites for hydroxylation is 2. The fraction of sp³-hybridized carbons (Fsp3) is 0.167. The van der Waals surface area contributed by atoms with Gasteiger partial charge >= 0.3 is 0 Å². The van der Waals surface area contributed by atoms with E-state index in [0.717, 1.165) is 9.87 Å². The number of anilines is 3. The first kappa shape index (κ1) is 25.3. The molecule has 0 fully saturated rings. The lowest BCUT2D eigenvalue weighted by Gasteiger charge is -2.37. The highest BCUT2D eigenvalue weighted by Gasteiger charge is 2.43. The summed E-state index contributed by atoms with van der Waals surface area (Å²) >= 11 is 18.4. The van der Waals surface area contributed by atoms with Crippen LogP contribution in [0, 0.1) is 13.8 Å². The fourth-order valence-electron chi connectivity index (χ4n) is 3.95. The molecular formula is C24H20Cl3N3O4S. The SMILES string of the molecule is Cc1ccc(Cl)cc1NC(=O)CC1C(=O)Nc2ccccc2N1S(=O)(=O)c1c(C)cc(Cl)cc1Cl. The van der Waals surface area contributed by atoms with E-state index in [4.69, 9.17) is 34.8 Å². The van der Waals surface area contributed by atoms with Crippen molar-refractivity contribution in [3.63, 3.8) is 0 Å². The van der Waals surface area contributed by atoms with Crippen molar-refractivity contribution in [3.8, 4) is 0 Å². The lowest BCUT2D eigenvalue weighted by atomic mass is 10.1. The minimum Gasteiger partial charge on any atom is -0.326 e. The van der Waals surface area contributed by atoms with Crippen molar-refractivity contribution in [1.82, 2.24) is 0 Å². The smallest absolute Gasteiger partial charge is 0.266 e. The predicted octanol–water partition coefficient (Wildman–Crippen LogP) is 5.81. The van der Waals surface area contributed by atoms with Crippen molar-refractivity contribution >= 4 is 73.7 Å². The third kappa shape index (κ3) is 4.97. The van der Waals surface area contributed by atoms with Gasteiger partial charge in [0.05, 0.1) is 22.8 Å². The third-order valence-corrected chi connectivity index (χ3v) is 8.44. The quantitative estimate of drug-likeness (QED) is 0.418. The Morgan fingerprint density at radius 2 is 1.71 bits per heavy atom. The van der Waals surface area contributed by atoms with Crippen molar-refractivity contribution in [1.29, 1.82) is 0 Å². The molecule has 2 amide bonds. The second-order valence-corrected chi connectivity index (χ2v) is 11.1. The Hall–Kier alpha value is -2.78. The third-order valence-electron chi connectivity index (χ3n) is 5.55. The van der Waals surface area contributed by atoms with E-state index >= 15 is 0 Å². The van der Waals surface area contributed by atoms with E-state index in [0.29, 0.717) is 22.0 Å². The van der Waals surface area contributed by atoms with Gasteiger partial charge in [0.1, 0.15) is 10.9 Å². The number of nitrogens with one attached hydrogen (secondary N) is 2. The monoisotopic (exact) mass is 551 g/mol. The first-order valence-electron chi connectivity index (χ1n) is 10.4. The van der Waals surface area contributed by atoms with Gasteiger partial charge in [-0.25, -0.2) is 8.42 Å². The summed E-state index contributed by atoms with van der Waals surface area (Å²) in [5.41, 5.74) is 2.04. The molecule has 0 aromatic heterocycles. The van der Waals surface area contributed by atoms with E-state index in [2.05, 4.69) is 10.6 Å². The first-order valence-corrected chi connectivity index (χ1v) is 13.0. The molecule has 1 heterocycles. The van der Waals surface area contributed by atoms with Crippen LogP contribution >= 0.6 is 34.8 Å². The number of hydrogen-bond acceptors (Lipinski definition) is 4. The summed E-state index contributed by atoms with van der Waals surface area (Å²) in [7, 11) is -4.39. The number of sulfonamides is 1. The van der Waals surface area contributed by atoms with Gasteiger partial charge in [-0.05, 0) is 61.4 Å². The normalized spacial score (nSPS) is 15.4. The molecule has 1 atom stereocenters. The molecule has 7 nitrogen and oxygen atoms in total. The minimum absolute atomic E-state index is 0.0868. The molecule has 0 aliphatic carbocycles. The van der Waals surface area contributed by atoms with Gasteiger partial charge < -0.3 is 10.6 Å². The highest BCUT2D eigenvalue weighted by Crippen LogP contribution is 2.40. The van der Waals surface area contributed by atoms with Gasteiger partial charge in [0, 0.05) is 15.7 Å². The fourth-order valence-corrected chi connectivity index (χ4v) is 6.91. The summed E-state index contributed by atoms with van der Waals surface area (Å²) in [5, 5.41) is 6.02. The molecule has 1 unspecified atom stereocenters. The molecule has 0 radical (unpaired) electrons. The summed E-state index contributed by atoms with van der Waals surface area (Å²) in [6, 6.07) is 12.9. The summed E-state index contributed by atoms with van der Waals surface area (Å²) in [6.07, 6.45) is -0.449. The standard InChI is InChI=1S/C24H20Cl3N3O4S/c1-13-7-8-15(25)11-19(13)28-22(31)12-21-24(32)29-18-5-3-4-6-20(18)30(21)35(33,34)23-14(2)9-16(26)10-17(23)27/h3-11,21H,12H2,1-2H3,(H,28,31)(H,29,32). The second-order valence-electron chi connectivity index (χ2n) is 8.07. The van der Waals surface area contributed by atoms with Crippen molar-refractivity contribution in [2.24, 2.45) is 0 Å². The topological polar surface area (TPSA) is 95.6 Å². The Kier molecular flexibility index (Phi) is 7.02. The van der Waals surface area contributed by atoms with Crippen LogP contribution in [-0.4, -0.2) is 26.3 Å². The van der Waals surface area contributed by atoms with E-state index < -0.39 is 34.3 Å². The number of hydrogen-bond donors (Lipinski definition) is 2. The molecule has 0 bridgehead atoms. The van der Waals surface area contributed by atoms with Gasteiger partial charge in [0.15, 0.2) is 0 Å². The minimum atomic E-state index is -4.39. The van der Waals surface area contributed by atoms with E-state index in [1.165, 1.54) is 12.1 Å². The van der Waals surface area contributed by atoms with E-state index in [1.807, 2.05) is 0 Å². The number of amides is 2.